The first-order valence-electron chi connectivity index (χ1n) is 7.36. The van der Waals surface area contributed by atoms with E-state index in [9.17, 15) is 0 Å². The molecule has 0 fully saturated rings. The van der Waals surface area contributed by atoms with Crippen LogP contribution in [-0.2, 0) is 6.42 Å². The van der Waals surface area contributed by atoms with Crippen molar-refractivity contribution in [2.75, 3.05) is 18.5 Å². The Hall–Kier alpha value is -2.10. The summed E-state index contributed by atoms with van der Waals surface area (Å²) in [6.07, 6.45) is 2.63. The first-order chi connectivity index (χ1) is 10.1. The van der Waals surface area contributed by atoms with E-state index in [4.69, 9.17) is 4.74 Å². The average molecular weight is 285 g/mol. The van der Waals surface area contributed by atoms with Crippen LogP contribution in [0.2, 0.25) is 0 Å². The summed E-state index contributed by atoms with van der Waals surface area (Å²) in [7, 11) is 0. The molecule has 4 nitrogen and oxygen atoms in total. The predicted molar refractivity (Wildman–Crippen MR) is 86.0 cm³/mol. The highest BCUT2D eigenvalue weighted by molar-refractivity contribution is 5.44. The van der Waals surface area contributed by atoms with E-state index in [-0.39, 0.29) is 0 Å². The Kier molecular flexibility index (Phi) is 5.14. The summed E-state index contributed by atoms with van der Waals surface area (Å²) in [4.78, 5) is 8.41. The van der Waals surface area contributed by atoms with Crippen LogP contribution >= 0.6 is 0 Å². The number of rotatable bonds is 6. The van der Waals surface area contributed by atoms with Gasteiger partial charge < -0.3 is 10.1 Å². The minimum atomic E-state index is 0.606. The summed E-state index contributed by atoms with van der Waals surface area (Å²) in [5, 5.41) is 3.29. The van der Waals surface area contributed by atoms with Gasteiger partial charge in [0.15, 0.2) is 0 Å². The van der Waals surface area contributed by atoms with Crippen LogP contribution in [0.15, 0.2) is 24.5 Å². The van der Waals surface area contributed by atoms with E-state index >= 15 is 0 Å². The van der Waals surface area contributed by atoms with Crippen molar-refractivity contribution in [1.82, 2.24) is 9.97 Å². The minimum absolute atomic E-state index is 0.606. The molecule has 0 radical (unpaired) electrons. The molecule has 112 valence electrons. The summed E-state index contributed by atoms with van der Waals surface area (Å²) in [6.45, 7) is 9.57. The van der Waals surface area contributed by atoms with Gasteiger partial charge in [-0.1, -0.05) is 19.1 Å². The van der Waals surface area contributed by atoms with Gasteiger partial charge in [-0.2, -0.15) is 0 Å². The summed E-state index contributed by atoms with van der Waals surface area (Å²) in [5.41, 5.74) is 4.61. The van der Waals surface area contributed by atoms with Gasteiger partial charge in [-0.05, 0) is 44.4 Å². The van der Waals surface area contributed by atoms with Crippen molar-refractivity contribution < 1.29 is 4.74 Å². The summed E-state index contributed by atoms with van der Waals surface area (Å²) in [5.74, 6) is 1.83. The molecule has 0 amide bonds. The minimum Gasteiger partial charge on any atom is -0.491 e. The molecule has 21 heavy (non-hydrogen) atoms. The second-order valence-electron chi connectivity index (χ2n) is 5.16. The number of hydrogen-bond acceptors (Lipinski definition) is 4. The lowest BCUT2D eigenvalue weighted by Gasteiger charge is -2.12. The van der Waals surface area contributed by atoms with Crippen molar-refractivity contribution in [2.24, 2.45) is 0 Å². The molecular formula is C17H23N3O. The number of nitrogens with zero attached hydrogens (tertiary/aromatic N) is 2. The van der Waals surface area contributed by atoms with E-state index in [1.807, 2.05) is 19.9 Å². The second kappa shape index (κ2) is 7.07. The van der Waals surface area contributed by atoms with Gasteiger partial charge in [-0.25, -0.2) is 9.97 Å². The monoisotopic (exact) mass is 285 g/mol. The third kappa shape index (κ3) is 3.94. The number of hydrogen-bond donors (Lipinski definition) is 1. The Morgan fingerprint density at radius 2 is 1.95 bits per heavy atom. The number of ether oxygens (including phenoxy) is 1. The smallest absolute Gasteiger partial charge is 0.132 e. The van der Waals surface area contributed by atoms with Gasteiger partial charge in [0, 0.05) is 11.3 Å². The molecule has 0 aliphatic carbocycles. The number of benzene rings is 1. The van der Waals surface area contributed by atoms with Crippen LogP contribution in [0, 0.1) is 20.8 Å². The molecule has 0 unspecified atom stereocenters. The Morgan fingerprint density at radius 1 is 1.14 bits per heavy atom. The van der Waals surface area contributed by atoms with Gasteiger partial charge in [0.05, 0.1) is 6.54 Å². The molecule has 0 aliphatic rings. The Bertz CT molecular complexity index is 611. The Labute approximate surface area is 126 Å². The van der Waals surface area contributed by atoms with Crippen molar-refractivity contribution in [2.45, 2.75) is 34.1 Å². The largest absolute Gasteiger partial charge is 0.491 e. The molecule has 4 heteroatoms. The topological polar surface area (TPSA) is 47.0 Å². The van der Waals surface area contributed by atoms with E-state index in [1.54, 1.807) is 6.33 Å². The Balaban J connectivity index is 1.86. The SMILES string of the molecule is CCc1ccc(OCCNc2ncnc(C)c2C)c(C)c1. The molecule has 0 spiro atoms. The zero-order chi connectivity index (χ0) is 15.2. The van der Waals surface area contributed by atoms with Crippen molar-refractivity contribution in [3.63, 3.8) is 0 Å². The number of anilines is 1. The average Bonchev–Trinajstić information content (AvgIpc) is 2.49. The molecule has 0 atom stereocenters. The predicted octanol–water partition coefficient (Wildman–Crippen LogP) is 3.46. The van der Waals surface area contributed by atoms with E-state index in [0.717, 1.165) is 29.2 Å². The summed E-state index contributed by atoms with van der Waals surface area (Å²) >= 11 is 0. The summed E-state index contributed by atoms with van der Waals surface area (Å²) < 4.78 is 5.82. The lowest BCUT2D eigenvalue weighted by atomic mass is 10.1. The van der Waals surface area contributed by atoms with Crippen molar-refractivity contribution in [3.05, 3.63) is 46.9 Å². The van der Waals surface area contributed by atoms with Gasteiger partial charge in [0.2, 0.25) is 0 Å². The molecule has 0 saturated carbocycles. The maximum atomic E-state index is 5.82. The number of nitrogens with one attached hydrogen (secondary N) is 1. The van der Waals surface area contributed by atoms with Gasteiger partial charge >= 0.3 is 0 Å². The van der Waals surface area contributed by atoms with E-state index in [1.165, 1.54) is 11.1 Å². The highest BCUT2D eigenvalue weighted by Crippen LogP contribution is 2.19. The van der Waals surface area contributed by atoms with E-state index in [0.29, 0.717) is 13.2 Å². The fraction of sp³-hybridized carbons (Fsp3) is 0.412. The van der Waals surface area contributed by atoms with Crippen molar-refractivity contribution in [1.29, 1.82) is 0 Å². The van der Waals surface area contributed by atoms with Gasteiger partial charge in [0.1, 0.15) is 24.5 Å². The number of aryl methyl sites for hydroxylation is 3. The van der Waals surface area contributed by atoms with Gasteiger partial charge in [-0.3, -0.25) is 0 Å². The van der Waals surface area contributed by atoms with Crippen molar-refractivity contribution in [3.8, 4) is 5.75 Å². The maximum Gasteiger partial charge on any atom is 0.132 e. The fourth-order valence-electron chi connectivity index (χ4n) is 2.14. The van der Waals surface area contributed by atoms with Crippen LogP contribution in [0.5, 0.6) is 5.75 Å². The molecule has 2 rings (SSSR count). The molecule has 0 saturated heterocycles. The zero-order valence-corrected chi connectivity index (χ0v) is 13.2. The Morgan fingerprint density at radius 3 is 2.67 bits per heavy atom. The van der Waals surface area contributed by atoms with Crippen LogP contribution in [0.25, 0.3) is 0 Å². The van der Waals surface area contributed by atoms with Crippen LogP contribution in [0.1, 0.15) is 29.3 Å². The fourth-order valence-corrected chi connectivity index (χ4v) is 2.14. The molecule has 1 aromatic carbocycles. The maximum absolute atomic E-state index is 5.82. The normalized spacial score (nSPS) is 10.5. The highest BCUT2D eigenvalue weighted by atomic mass is 16.5. The van der Waals surface area contributed by atoms with Gasteiger partial charge in [-0.15, -0.1) is 0 Å². The lowest BCUT2D eigenvalue weighted by molar-refractivity contribution is 0.330. The molecule has 1 N–H and O–H groups in total. The third-order valence-corrected chi connectivity index (χ3v) is 3.64. The molecular weight excluding hydrogens is 262 g/mol. The molecule has 1 heterocycles. The van der Waals surface area contributed by atoms with E-state index < -0.39 is 0 Å². The van der Waals surface area contributed by atoms with Crippen molar-refractivity contribution >= 4 is 5.82 Å². The molecule has 2 aromatic rings. The number of aromatic nitrogens is 2. The zero-order valence-electron chi connectivity index (χ0n) is 13.2. The van der Waals surface area contributed by atoms with Gasteiger partial charge in [0.25, 0.3) is 0 Å². The van der Waals surface area contributed by atoms with Crippen LogP contribution in [-0.4, -0.2) is 23.1 Å². The lowest BCUT2D eigenvalue weighted by Crippen LogP contribution is -2.14. The highest BCUT2D eigenvalue weighted by Gasteiger charge is 2.03. The van der Waals surface area contributed by atoms with Crippen LogP contribution < -0.4 is 10.1 Å². The third-order valence-electron chi connectivity index (χ3n) is 3.64. The van der Waals surface area contributed by atoms with Crippen LogP contribution in [0.3, 0.4) is 0 Å². The second-order valence-corrected chi connectivity index (χ2v) is 5.16. The quantitative estimate of drug-likeness (QED) is 0.826. The standard InChI is InChI=1S/C17H23N3O/c1-5-15-6-7-16(12(2)10-15)21-9-8-18-17-13(3)14(4)19-11-20-17/h6-7,10-11H,5,8-9H2,1-4H3,(H,18,19,20). The first-order valence-corrected chi connectivity index (χ1v) is 7.36. The molecule has 0 aliphatic heterocycles. The van der Waals surface area contributed by atoms with E-state index in [2.05, 4.69) is 41.3 Å². The summed E-state index contributed by atoms with van der Waals surface area (Å²) in [6, 6.07) is 6.35. The molecule has 1 aromatic heterocycles. The van der Waals surface area contributed by atoms with Crippen LogP contribution in [0.4, 0.5) is 5.82 Å². The first kappa shape index (κ1) is 15.3. The molecule has 0 bridgehead atoms.